The highest BCUT2D eigenvalue weighted by atomic mass is 32.3. The third kappa shape index (κ3) is 2.92. The van der Waals surface area contributed by atoms with Crippen LogP contribution in [0, 0.1) is 5.92 Å². The van der Waals surface area contributed by atoms with Crippen LogP contribution in [0.15, 0.2) is 0 Å². The number of hydrogen-bond acceptors (Lipinski definition) is 0. The third-order valence-corrected chi connectivity index (χ3v) is 10.1. The zero-order valence-electron chi connectivity index (χ0n) is 11.7. The van der Waals surface area contributed by atoms with Crippen molar-refractivity contribution in [2.45, 2.75) is 64.9 Å². The van der Waals surface area contributed by atoms with E-state index < -0.39 is 10.0 Å². The van der Waals surface area contributed by atoms with Crippen LogP contribution in [0.5, 0.6) is 0 Å². The summed E-state index contributed by atoms with van der Waals surface area (Å²) in [5, 5.41) is 0. The molecule has 0 heterocycles. The Morgan fingerprint density at radius 2 is 1.14 bits per heavy atom. The first-order chi connectivity index (χ1) is 5.92. The molecule has 0 nitrogen and oxygen atoms in total. The van der Waals surface area contributed by atoms with Gasteiger partial charge in [-0.05, 0) is 27.4 Å². The second-order valence-electron chi connectivity index (χ2n) is 6.87. The van der Waals surface area contributed by atoms with Crippen molar-refractivity contribution < 1.29 is 0 Å². The predicted molar refractivity (Wildman–Crippen MR) is 72.7 cm³/mol. The molecule has 0 saturated heterocycles. The maximum atomic E-state index is 2.53. The average molecular weight is 218 g/mol. The van der Waals surface area contributed by atoms with Crippen LogP contribution in [-0.4, -0.2) is 21.5 Å². The molecule has 88 valence electrons. The SMILES string of the molecule is CC(C)CS(C)(C(C)(C)C)C(C)(C)C. The summed E-state index contributed by atoms with van der Waals surface area (Å²) in [6.07, 6.45) is 2.53. The summed E-state index contributed by atoms with van der Waals surface area (Å²) in [6, 6.07) is 0. The Labute approximate surface area is 93.2 Å². The molecule has 14 heavy (non-hydrogen) atoms. The molecule has 0 N–H and O–H groups in total. The van der Waals surface area contributed by atoms with Gasteiger partial charge in [-0.15, -0.1) is 0 Å². The first-order valence-corrected chi connectivity index (χ1v) is 7.88. The van der Waals surface area contributed by atoms with Gasteiger partial charge in [-0.2, -0.15) is 0 Å². The summed E-state index contributed by atoms with van der Waals surface area (Å²) in [6.45, 7) is 19.2. The average Bonchev–Trinajstić information content (AvgIpc) is 1.79. The minimum absolute atomic E-state index is 0.454. The lowest BCUT2D eigenvalue weighted by Crippen LogP contribution is -2.40. The zero-order valence-corrected chi connectivity index (χ0v) is 12.5. The molecule has 0 aromatic rings. The molecule has 0 amide bonds. The molecule has 0 atom stereocenters. The number of rotatable bonds is 2. The lowest BCUT2D eigenvalue weighted by molar-refractivity contribution is 0.672. The molecule has 0 aromatic carbocycles. The maximum absolute atomic E-state index is 2.53. The van der Waals surface area contributed by atoms with Crippen LogP contribution in [-0.2, 0) is 0 Å². The highest BCUT2D eigenvalue weighted by molar-refractivity contribution is 8.35. The quantitative estimate of drug-likeness (QED) is 0.631. The smallest absolute Gasteiger partial charge is 0.00801 e. The van der Waals surface area contributed by atoms with Gasteiger partial charge in [-0.3, -0.25) is 0 Å². The van der Waals surface area contributed by atoms with Crippen molar-refractivity contribution in [2.75, 3.05) is 12.0 Å². The van der Waals surface area contributed by atoms with Gasteiger partial charge in [-0.25, -0.2) is 10.0 Å². The lowest BCUT2D eigenvalue weighted by Gasteiger charge is -2.58. The third-order valence-electron chi connectivity index (χ3n) is 3.37. The second kappa shape index (κ2) is 4.08. The highest BCUT2D eigenvalue weighted by Gasteiger charge is 2.41. The van der Waals surface area contributed by atoms with E-state index in [-0.39, 0.29) is 0 Å². The van der Waals surface area contributed by atoms with Crippen molar-refractivity contribution in [1.82, 2.24) is 0 Å². The Kier molecular flexibility index (Phi) is 4.18. The summed E-state index contributed by atoms with van der Waals surface area (Å²) in [4.78, 5) is 0. The van der Waals surface area contributed by atoms with Gasteiger partial charge in [0.2, 0.25) is 0 Å². The van der Waals surface area contributed by atoms with Crippen molar-refractivity contribution in [3.05, 3.63) is 0 Å². The van der Waals surface area contributed by atoms with Gasteiger partial charge in [0.05, 0.1) is 0 Å². The fourth-order valence-electron chi connectivity index (χ4n) is 2.09. The van der Waals surface area contributed by atoms with E-state index in [4.69, 9.17) is 0 Å². The molecule has 0 saturated carbocycles. The topological polar surface area (TPSA) is 0 Å². The van der Waals surface area contributed by atoms with E-state index in [9.17, 15) is 0 Å². The molecule has 0 aliphatic heterocycles. The van der Waals surface area contributed by atoms with Crippen LogP contribution in [0.1, 0.15) is 55.4 Å². The predicted octanol–water partition coefficient (Wildman–Crippen LogP) is 4.67. The van der Waals surface area contributed by atoms with E-state index >= 15 is 0 Å². The standard InChI is InChI=1S/C13H30S/c1-11(2)10-14(9,12(3,4)5)13(6,7)8/h11H,10H2,1-9H3. The second-order valence-corrected chi connectivity index (χ2v) is 11.8. The Morgan fingerprint density at radius 1 is 0.857 bits per heavy atom. The van der Waals surface area contributed by atoms with Gasteiger partial charge < -0.3 is 0 Å². The maximum Gasteiger partial charge on any atom is -0.00801 e. The van der Waals surface area contributed by atoms with Crippen molar-refractivity contribution in [3.63, 3.8) is 0 Å². The molecule has 0 spiro atoms. The van der Waals surface area contributed by atoms with Gasteiger partial charge >= 0.3 is 0 Å². The van der Waals surface area contributed by atoms with Crippen molar-refractivity contribution in [2.24, 2.45) is 5.92 Å². The van der Waals surface area contributed by atoms with E-state index in [1.165, 1.54) is 5.75 Å². The Hall–Kier alpha value is 0.350. The zero-order chi connectivity index (χ0) is 11.8. The van der Waals surface area contributed by atoms with Crippen LogP contribution < -0.4 is 0 Å². The summed E-state index contributed by atoms with van der Waals surface area (Å²) < 4.78 is 0.908. The molecule has 0 rings (SSSR count). The molecular weight excluding hydrogens is 188 g/mol. The molecular formula is C13H30S. The highest BCUT2D eigenvalue weighted by Crippen LogP contribution is 2.65. The van der Waals surface area contributed by atoms with Crippen LogP contribution in [0.4, 0.5) is 0 Å². The Bertz CT molecular complexity index is 164. The van der Waals surface area contributed by atoms with Crippen LogP contribution in [0.25, 0.3) is 0 Å². The molecule has 0 aliphatic rings. The van der Waals surface area contributed by atoms with Crippen LogP contribution in [0.3, 0.4) is 0 Å². The van der Waals surface area contributed by atoms with Gasteiger partial charge in [0.15, 0.2) is 0 Å². The van der Waals surface area contributed by atoms with Gasteiger partial charge in [0.1, 0.15) is 0 Å². The van der Waals surface area contributed by atoms with E-state index in [2.05, 4.69) is 61.6 Å². The van der Waals surface area contributed by atoms with Crippen LogP contribution >= 0.6 is 10.0 Å². The van der Waals surface area contributed by atoms with Gasteiger partial charge in [0, 0.05) is 0 Å². The van der Waals surface area contributed by atoms with E-state index in [0.29, 0.717) is 9.49 Å². The monoisotopic (exact) mass is 218 g/mol. The largest absolute Gasteiger partial charge is 0.234 e. The van der Waals surface area contributed by atoms with E-state index in [1.54, 1.807) is 0 Å². The molecule has 1 heteroatoms. The van der Waals surface area contributed by atoms with Gasteiger partial charge in [0.25, 0.3) is 0 Å². The molecule has 0 unspecified atom stereocenters. The lowest BCUT2D eigenvalue weighted by atomic mass is 10.2. The Balaban J connectivity index is 5.07. The normalized spacial score (nSPS) is 16.1. The fourth-order valence-corrected chi connectivity index (χ4v) is 6.26. The molecule has 0 radical (unpaired) electrons. The van der Waals surface area contributed by atoms with Crippen LogP contribution in [0.2, 0.25) is 0 Å². The fraction of sp³-hybridized carbons (Fsp3) is 1.00. The Morgan fingerprint density at radius 3 is 1.21 bits per heavy atom. The van der Waals surface area contributed by atoms with Crippen molar-refractivity contribution >= 4 is 10.0 Å². The summed E-state index contributed by atoms with van der Waals surface area (Å²) in [5.41, 5.74) is 0. The minimum atomic E-state index is -0.571. The number of hydrogen-bond donors (Lipinski definition) is 0. The molecule has 0 fully saturated rings. The first-order valence-electron chi connectivity index (χ1n) is 5.67. The van der Waals surface area contributed by atoms with Crippen molar-refractivity contribution in [1.29, 1.82) is 0 Å². The minimum Gasteiger partial charge on any atom is -0.234 e. The molecule has 0 aromatic heterocycles. The molecule has 0 aliphatic carbocycles. The summed E-state index contributed by atoms with van der Waals surface area (Å²) in [5.74, 6) is 2.20. The van der Waals surface area contributed by atoms with Crippen molar-refractivity contribution in [3.8, 4) is 0 Å². The van der Waals surface area contributed by atoms with E-state index in [0.717, 1.165) is 5.92 Å². The summed E-state index contributed by atoms with van der Waals surface area (Å²) >= 11 is 0. The summed E-state index contributed by atoms with van der Waals surface area (Å²) in [7, 11) is -0.571. The first kappa shape index (κ1) is 14.3. The van der Waals surface area contributed by atoms with E-state index in [1.807, 2.05) is 0 Å². The van der Waals surface area contributed by atoms with Gasteiger partial charge in [-0.1, -0.05) is 55.4 Å². The molecule has 0 bridgehead atoms.